The van der Waals surface area contributed by atoms with E-state index in [-0.39, 0.29) is 5.41 Å². The fourth-order valence-electron chi connectivity index (χ4n) is 7.03. The summed E-state index contributed by atoms with van der Waals surface area (Å²) in [6.07, 6.45) is 11.0. The van der Waals surface area contributed by atoms with Gasteiger partial charge in [0.15, 0.2) is 0 Å². The highest BCUT2D eigenvalue weighted by atomic mass is 28.3. The Morgan fingerprint density at radius 3 is 2.11 bits per heavy atom. The number of aldehydes is 1. The van der Waals surface area contributed by atoms with E-state index in [2.05, 4.69) is 46.0 Å². The first-order valence-electron chi connectivity index (χ1n) is 11.5. The molecule has 4 bridgehead atoms. The van der Waals surface area contributed by atoms with Crippen LogP contribution in [-0.4, -0.2) is 15.3 Å². The summed E-state index contributed by atoms with van der Waals surface area (Å²) in [4.78, 5) is 11.1. The van der Waals surface area contributed by atoms with Crippen molar-refractivity contribution in [2.45, 2.75) is 96.1 Å². The minimum absolute atomic E-state index is 0.0501. The molecular formula is C25H38O2Si. The van der Waals surface area contributed by atoms with Gasteiger partial charge in [-0.1, -0.05) is 32.9 Å². The third-order valence-corrected chi connectivity index (χ3v) is 8.19. The van der Waals surface area contributed by atoms with Gasteiger partial charge in [-0.15, -0.1) is 0 Å². The molecule has 5 rings (SSSR count). The van der Waals surface area contributed by atoms with Gasteiger partial charge in [0, 0.05) is 12.0 Å². The van der Waals surface area contributed by atoms with Crippen molar-refractivity contribution in [3.63, 3.8) is 0 Å². The first-order valence-corrected chi connectivity index (χ1v) is 14.3. The second kappa shape index (κ2) is 7.30. The molecule has 3 heteroatoms. The van der Waals surface area contributed by atoms with E-state index >= 15 is 0 Å². The van der Waals surface area contributed by atoms with Crippen LogP contribution in [0.5, 0.6) is 5.75 Å². The molecule has 0 atom stereocenters. The molecule has 4 aliphatic carbocycles. The molecule has 0 N–H and O–H groups in total. The van der Waals surface area contributed by atoms with Gasteiger partial charge < -0.3 is 9.22 Å². The van der Waals surface area contributed by atoms with Gasteiger partial charge in [0.1, 0.15) is 12.0 Å². The van der Waals surface area contributed by atoms with Crippen molar-refractivity contribution in [3.8, 4) is 5.75 Å². The Morgan fingerprint density at radius 1 is 1.07 bits per heavy atom. The number of carbonyl (C=O) groups excluding carboxylic acids is 1. The van der Waals surface area contributed by atoms with Crippen molar-refractivity contribution in [1.29, 1.82) is 0 Å². The maximum absolute atomic E-state index is 11.1. The Morgan fingerprint density at radius 2 is 1.64 bits per heavy atom. The monoisotopic (exact) mass is 398 g/mol. The molecule has 0 heterocycles. The second-order valence-electron chi connectivity index (χ2n) is 11.3. The van der Waals surface area contributed by atoms with Crippen molar-refractivity contribution in [2.24, 2.45) is 17.8 Å². The van der Waals surface area contributed by atoms with Gasteiger partial charge in [-0.25, -0.2) is 0 Å². The van der Waals surface area contributed by atoms with E-state index in [0.29, 0.717) is 11.8 Å². The highest BCUT2D eigenvalue weighted by Crippen LogP contribution is 2.62. The molecule has 4 saturated carbocycles. The molecule has 2 nitrogen and oxygen atoms in total. The number of rotatable bonds is 6. The molecule has 0 aliphatic heterocycles. The normalized spacial score (nSPS) is 31.4. The number of benzene rings is 1. The SMILES string of the molecule is C[SiH](C)Oc1c(CCC=O)ccc(C23CC4CC(CC(C4)C2)C3)c1C(C)(C)C. The topological polar surface area (TPSA) is 26.3 Å². The van der Waals surface area contributed by atoms with Crippen LogP contribution in [0.15, 0.2) is 12.1 Å². The number of aryl methyl sites for hydroxylation is 1. The third-order valence-electron chi connectivity index (χ3n) is 7.48. The van der Waals surface area contributed by atoms with E-state index < -0.39 is 9.04 Å². The van der Waals surface area contributed by atoms with E-state index in [4.69, 9.17) is 4.43 Å². The van der Waals surface area contributed by atoms with Crippen LogP contribution in [0.2, 0.25) is 13.1 Å². The standard InChI is InChI=1S/C25H38O2Si/c1-24(2,3)22-21(9-8-20(7-6-10-26)23(22)27-28(4)5)25-14-17-11-18(15-25)13-19(12-17)16-25/h8-10,17-19,28H,6-7,11-16H2,1-5H3. The highest BCUT2D eigenvalue weighted by molar-refractivity contribution is 6.49. The van der Waals surface area contributed by atoms with Crippen molar-refractivity contribution in [3.05, 3.63) is 28.8 Å². The molecule has 0 saturated heterocycles. The first kappa shape index (κ1) is 20.2. The van der Waals surface area contributed by atoms with Gasteiger partial charge in [-0.2, -0.15) is 0 Å². The van der Waals surface area contributed by atoms with Crippen LogP contribution in [0.25, 0.3) is 0 Å². The summed E-state index contributed by atoms with van der Waals surface area (Å²) in [5, 5.41) is 0. The fraction of sp³-hybridized carbons (Fsp3) is 0.720. The summed E-state index contributed by atoms with van der Waals surface area (Å²) in [6.45, 7) is 11.6. The summed E-state index contributed by atoms with van der Waals surface area (Å²) < 4.78 is 6.63. The molecule has 154 valence electrons. The van der Waals surface area contributed by atoms with Crippen LogP contribution >= 0.6 is 0 Å². The van der Waals surface area contributed by atoms with Crippen molar-refractivity contribution < 1.29 is 9.22 Å². The lowest BCUT2D eigenvalue weighted by Gasteiger charge is -2.58. The van der Waals surface area contributed by atoms with E-state index in [1.165, 1.54) is 49.7 Å². The zero-order valence-electron chi connectivity index (χ0n) is 18.5. The lowest BCUT2D eigenvalue weighted by molar-refractivity contribution is -0.107. The quantitative estimate of drug-likeness (QED) is 0.437. The van der Waals surface area contributed by atoms with Crippen LogP contribution in [-0.2, 0) is 22.0 Å². The number of carbonyl (C=O) groups is 1. The molecule has 0 amide bonds. The minimum atomic E-state index is -1.24. The molecule has 0 aromatic heterocycles. The van der Waals surface area contributed by atoms with Crippen LogP contribution in [0, 0.1) is 17.8 Å². The van der Waals surface area contributed by atoms with Crippen molar-refractivity contribution in [2.75, 3.05) is 0 Å². The second-order valence-corrected chi connectivity index (χ2v) is 13.6. The molecule has 4 fully saturated rings. The first-order chi connectivity index (χ1) is 13.2. The van der Waals surface area contributed by atoms with E-state index in [0.717, 1.165) is 36.2 Å². The third kappa shape index (κ3) is 3.60. The fourth-order valence-corrected chi connectivity index (χ4v) is 7.78. The maximum atomic E-state index is 11.1. The predicted octanol–water partition coefficient (Wildman–Crippen LogP) is 5.95. The molecular weight excluding hydrogens is 360 g/mol. The van der Waals surface area contributed by atoms with Crippen LogP contribution in [0.3, 0.4) is 0 Å². The molecule has 4 aliphatic rings. The largest absolute Gasteiger partial charge is 0.547 e. The lowest BCUT2D eigenvalue weighted by Crippen LogP contribution is -2.49. The smallest absolute Gasteiger partial charge is 0.229 e. The Balaban J connectivity index is 1.86. The van der Waals surface area contributed by atoms with E-state index in [1.807, 2.05) is 0 Å². The summed E-state index contributed by atoms with van der Waals surface area (Å²) >= 11 is 0. The zero-order chi connectivity index (χ0) is 20.1. The summed E-state index contributed by atoms with van der Waals surface area (Å²) in [6, 6.07) is 4.75. The highest BCUT2D eigenvalue weighted by Gasteiger charge is 2.53. The average molecular weight is 399 g/mol. The Kier molecular flexibility index (Phi) is 5.27. The summed E-state index contributed by atoms with van der Waals surface area (Å²) in [7, 11) is -1.24. The van der Waals surface area contributed by atoms with Crippen LogP contribution < -0.4 is 4.43 Å². The Bertz CT molecular complexity index is 708. The van der Waals surface area contributed by atoms with Gasteiger partial charge in [0.2, 0.25) is 9.04 Å². The van der Waals surface area contributed by atoms with Gasteiger partial charge in [0.25, 0.3) is 0 Å². The van der Waals surface area contributed by atoms with Gasteiger partial charge in [-0.05, 0) is 97.8 Å². The van der Waals surface area contributed by atoms with Crippen molar-refractivity contribution >= 4 is 15.3 Å². The van der Waals surface area contributed by atoms with E-state index in [1.54, 1.807) is 5.56 Å². The maximum Gasteiger partial charge on any atom is 0.229 e. The molecule has 0 radical (unpaired) electrons. The number of hydrogen-bond donors (Lipinski definition) is 0. The summed E-state index contributed by atoms with van der Waals surface area (Å²) in [5.74, 6) is 3.97. The molecule has 28 heavy (non-hydrogen) atoms. The van der Waals surface area contributed by atoms with Gasteiger partial charge in [-0.3, -0.25) is 0 Å². The average Bonchev–Trinajstić information content (AvgIpc) is 2.57. The molecule has 1 aromatic rings. The Hall–Kier alpha value is -1.09. The van der Waals surface area contributed by atoms with Gasteiger partial charge in [0.05, 0.1) is 0 Å². The molecule has 1 aromatic carbocycles. The summed E-state index contributed by atoms with van der Waals surface area (Å²) in [5.41, 5.74) is 4.72. The Labute approximate surface area is 173 Å². The zero-order valence-corrected chi connectivity index (χ0v) is 19.7. The molecule has 0 unspecified atom stereocenters. The minimum Gasteiger partial charge on any atom is -0.547 e. The predicted molar refractivity (Wildman–Crippen MR) is 119 cm³/mol. The molecule has 0 spiro atoms. The van der Waals surface area contributed by atoms with Crippen LogP contribution in [0.4, 0.5) is 0 Å². The van der Waals surface area contributed by atoms with E-state index in [9.17, 15) is 4.79 Å². The van der Waals surface area contributed by atoms with Gasteiger partial charge >= 0.3 is 0 Å². The van der Waals surface area contributed by atoms with Crippen LogP contribution in [0.1, 0.15) is 82.4 Å². The van der Waals surface area contributed by atoms with Crippen molar-refractivity contribution in [1.82, 2.24) is 0 Å². The number of hydrogen-bond acceptors (Lipinski definition) is 2. The lowest BCUT2D eigenvalue weighted by atomic mass is 9.47.